The molecule has 28 heavy (non-hydrogen) atoms. The van der Waals surface area contributed by atoms with E-state index in [4.69, 9.17) is 4.74 Å². The van der Waals surface area contributed by atoms with E-state index in [0.717, 1.165) is 17.4 Å². The SMILES string of the molecule is Cc1cc(-c2cc3c(S(C)(=O)=O)nn(C)c3cc2OCC2CC2)cn(C)c1=O. The van der Waals surface area contributed by atoms with Crippen molar-refractivity contribution in [2.24, 2.45) is 20.0 Å². The summed E-state index contributed by atoms with van der Waals surface area (Å²) in [4.78, 5) is 12.1. The summed E-state index contributed by atoms with van der Waals surface area (Å²) in [5.41, 5.74) is 2.79. The molecule has 1 fully saturated rings. The molecular weight excluding hydrogens is 378 g/mol. The second-order valence-corrected chi connectivity index (χ2v) is 9.58. The highest BCUT2D eigenvalue weighted by atomic mass is 32.2. The number of rotatable bonds is 5. The number of hydrogen-bond donors (Lipinski definition) is 0. The molecule has 0 amide bonds. The molecule has 3 aromatic rings. The Morgan fingerprint density at radius 2 is 1.93 bits per heavy atom. The molecule has 0 spiro atoms. The highest BCUT2D eigenvalue weighted by molar-refractivity contribution is 7.90. The molecule has 4 rings (SSSR count). The van der Waals surface area contributed by atoms with Crippen LogP contribution in [0.15, 0.2) is 34.2 Å². The van der Waals surface area contributed by atoms with E-state index >= 15 is 0 Å². The fourth-order valence-corrected chi connectivity index (χ4v) is 4.22. The molecular formula is C20H23N3O4S. The van der Waals surface area contributed by atoms with Gasteiger partial charge < -0.3 is 9.30 Å². The monoisotopic (exact) mass is 401 g/mol. The van der Waals surface area contributed by atoms with Gasteiger partial charge in [-0.2, -0.15) is 5.10 Å². The van der Waals surface area contributed by atoms with Gasteiger partial charge in [-0.15, -0.1) is 0 Å². The second-order valence-electron chi connectivity index (χ2n) is 7.65. The van der Waals surface area contributed by atoms with Gasteiger partial charge in [-0.05, 0) is 37.8 Å². The predicted molar refractivity (Wildman–Crippen MR) is 107 cm³/mol. The number of aryl methyl sites for hydroxylation is 3. The number of nitrogens with zero attached hydrogens (tertiary/aromatic N) is 3. The molecule has 0 aliphatic heterocycles. The molecule has 1 aliphatic rings. The second kappa shape index (κ2) is 6.48. The van der Waals surface area contributed by atoms with Gasteiger partial charge in [0.05, 0.1) is 12.1 Å². The zero-order valence-corrected chi connectivity index (χ0v) is 17.2. The number of hydrogen-bond acceptors (Lipinski definition) is 5. The van der Waals surface area contributed by atoms with Crippen LogP contribution in [0.25, 0.3) is 22.0 Å². The summed E-state index contributed by atoms with van der Waals surface area (Å²) in [6.07, 6.45) is 5.24. The van der Waals surface area contributed by atoms with E-state index in [2.05, 4.69) is 5.10 Å². The van der Waals surface area contributed by atoms with Crippen LogP contribution in [0.4, 0.5) is 0 Å². The average molecular weight is 401 g/mol. The molecule has 2 aromatic heterocycles. The third-order valence-corrected chi connectivity index (χ3v) is 6.12. The van der Waals surface area contributed by atoms with Crippen molar-refractivity contribution >= 4 is 20.7 Å². The molecule has 0 unspecified atom stereocenters. The van der Waals surface area contributed by atoms with Crippen molar-refractivity contribution in [3.63, 3.8) is 0 Å². The van der Waals surface area contributed by atoms with E-state index < -0.39 is 9.84 Å². The summed E-state index contributed by atoms with van der Waals surface area (Å²) >= 11 is 0. The third kappa shape index (κ3) is 3.32. The minimum atomic E-state index is -3.49. The number of sulfone groups is 1. The first kappa shape index (κ1) is 18.7. The van der Waals surface area contributed by atoms with Crippen LogP contribution in [0.1, 0.15) is 18.4 Å². The van der Waals surface area contributed by atoms with Crippen LogP contribution in [-0.2, 0) is 23.9 Å². The van der Waals surface area contributed by atoms with Gasteiger partial charge in [0.25, 0.3) is 5.56 Å². The smallest absolute Gasteiger partial charge is 0.253 e. The van der Waals surface area contributed by atoms with Gasteiger partial charge in [0.1, 0.15) is 5.75 Å². The Labute approximate surface area is 163 Å². The number of pyridine rings is 1. The van der Waals surface area contributed by atoms with Crippen LogP contribution in [0, 0.1) is 12.8 Å². The number of ether oxygens (including phenoxy) is 1. The zero-order chi connectivity index (χ0) is 20.2. The molecule has 0 radical (unpaired) electrons. The lowest BCUT2D eigenvalue weighted by molar-refractivity contribution is 0.301. The topological polar surface area (TPSA) is 83.2 Å². The van der Waals surface area contributed by atoms with Crippen molar-refractivity contribution in [2.75, 3.05) is 12.9 Å². The lowest BCUT2D eigenvalue weighted by Gasteiger charge is -2.14. The van der Waals surface area contributed by atoms with Gasteiger partial charge in [0, 0.05) is 54.7 Å². The number of aromatic nitrogens is 3. The Morgan fingerprint density at radius 1 is 1.21 bits per heavy atom. The normalized spacial score (nSPS) is 14.6. The highest BCUT2D eigenvalue weighted by Gasteiger charge is 2.25. The quantitative estimate of drug-likeness (QED) is 0.656. The van der Waals surface area contributed by atoms with Crippen LogP contribution in [-0.4, -0.2) is 35.6 Å². The maximum atomic E-state index is 12.2. The maximum absolute atomic E-state index is 12.2. The minimum absolute atomic E-state index is 0.0431. The summed E-state index contributed by atoms with van der Waals surface area (Å²) in [7, 11) is -0.0647. The molecule has 0 N–H and O–H groups in total. The molecule has 7 nitrogen and oxygen atoms in total. The molecule has 1 saturated carbocycles. The van der Waals surface area contributed by atoms with E-state index in [0.29, 0.717) is 34.7 Å². The fraction of sp³-hybridized carbons (Fsp3) is 0.400. The Balaban J connectivity index is 1.98. The van der Waals surface area contributed by atoms with Crippen molar-refractivity contribution in [2.45, 2.75) is 24.8 Å². The first-order valence-corrected chi connectivity index (χ1v) is 11.1. The zero-order valence-electron chi connectivity index (χ0n) is 16.4. The summed E-state index contributed by atoms with van der Waals surface area (Å²) in [6.45, 7) is 2.39. The Bertz CT molecular complexity index is 1220. The first-order valence-electron chi connectivity index (χ1n) is 9.16. The molecule has 0 atom stereocenters. The molecule has 1 aromatic carbocycles. The summed E-state index contributed by atoms with van der Waals surface area (Å²) in [6, 6.07) is 5.46. The van der Waals surface area contributed by atoms with Gasteiger partial charge >= 0.3 is 0 Å². The lowest BCUT2D eigenvalue weighted by atomic mass is 10.0. The van der Waals surface area contributed by atoms with E-state index in [1.165, 1.54) is 17.4 Å². The van der Waals surface area contributed by atoms with E-state index in [-0.39, 0.29) is 10.6 Å². The molecule has 1 aliphatic carbocycles. The lowest BCUT2D eigenvalue weighted by Crippen LogP contribution is -2.18. The van der Waals surface area contributed by atoms with Gasteiger partial charge in [-0.3, -0.25) is 9.48 Å². The Morgan fingerprint density at radius 3 is 2.54 bits per heavy atom. The van der Waals surface area contributed by atoms with E-state index in [9.17, 15) is 13.2 Å². The van der Waals surface area contributed by atoms with E-state index in [1.54, 1.807) is 38.0 Å². The van der Waals surface area contributed by atoms with Gasteiger partial charge in [-0.25, -0.2) is 8.42 Å². The minimum Gasteiger partial charge on any atom is -0.493 e. The standard InChI is InChI=1S/C20H23N3O4S/c1-12-7-14(10-22(2)20(12)24)15-8-16-17(9-18(15)27-11-13-5-6-13)23(3)21-19(16)28(4,25)26/h7-10,13H,5-6,11H2,1-4H3. The molecule has 0 bridgehead atoms. The third-order valence-electron chi connectivity index (χ3n) is 5.11. The van der Waals surface area contributed by atoms with Gasteiger partial charge in [0.2, 0.25) is 0 Å². The number of fused-ring (bicyclic) bond motifs is 1. The van der Waals surface area contributed by atoms with Crippen molar-refractivity contribution in [3.05, 3.63) is 40.3 Å². The van der Waals surface area contributed by atoms with Crippen molar-refractivity contribution in [1.29, 1.82) is 0 Å². The molecule has 2 heterocycles. The van der Waals surface area contributed by atoms with Crippen LogP contribution >= 0.6 is 0 Å². The van der Waals surface area contributed by atoms with Crippen LogP contribution in [0.3, 0.4) is 0 Å². The van der Waals surface area contributed by atoms with Crippen molar-refractivity contribution < 1.29 is 13.2 Å². The molecule has 148 valence electrons. The van der Waals surface area contributed by atoms with Crippen molar-refractivity contribution in [1.82, 2.24) is 14.3 Å². The average Bonchev–Trinajstić information content (AvgIpc) is 3.39. The van der Waals surface area contributed by atoms with Gasteiger partial charge in [-0.1, -0.05) is 0 Å². The maximum Gasteiger partial charge on any atom is 0.253 e. The highest BCUT2D eigenvalue weighted by Crippen LogP contribution is 2.38. The first-order chi connectivity index (χ1) is 13.1. The largest absolute Gasteiger partial charge is 0.493 e. The van der Waals surface area contributed by atoms with Gasteiger partial charge in [0.15, 0.2) is 14.9 Å². The van der Waals surface area contributed by atoms with Crippen molar-refractivity contribution in [3.8, 4) is 16.9 Å². The molecule has 0 saturated heterocycles. The van der Waals surface area contributed by atoms with Crippen LogP contribution in [0.2, 0.25) is 0 Å². The number of benzene rings is 1. The Hall–Kier alpha value is -2.61. The van der Waals surface area contributed by atoms with E-state index in [1.807, 2.05) is 12.1 Å². The predicted octanol–water partition coefficient (Wildman–Crippen LogP) is 2.44. The summed E-state index contributed by atoms with van der Waals surface area (Å²) in [5, 5.41) is 4.80. The summed E-state index contributed by atoms with van der Waals surface area (Å²) in [5.74, 6) is 1.24. The van der Waals surface area contributed by atoms with Crippen LogP contribution in [0.5, 0.6) is 5.75 Å². The Kier molecular flexibility index (Phi) is 4.33. The molecule has 8 heteroatoms. The summed E-state index contributed by atoms with van der Waals surface area (Å²) < 4.78 is 33.6. The van der Waals surface area contributed by atoms with Crippen LogP contribution < -0.4 is 10.3 Å². The fourth-order valence-electron chi connectivity index (χ4n) is 3.39.